The van der Waals surface area contributed by atoms with E-state index in [1.807, 2.05) is 24.5 Å². The van der Waals surface area contributed by atoms with E-state index in [-0.39, 0.29) is 0 Å². The molecule has 1 aliphatic heterocycles. The third-order valence-corrected chi connectivity index (χ3v) is 4.12. The quantitative estimate of drug-likeness (QED) is 0.792. The number of pyridine rings is 1. The van der Waals surface area contributed by atoms with Crippen molar-refractivity contribution in [1.29, 1.82) is 0 Å². The third-order valence-electron chi connectivity index (χ3n) is 3.36. The van der Waals surface area contributed by atoms with E-state index in [1.54, 1.807) is 6.33 Å². The Hall–Kier alpha value is -1.64. The summed E-state index contributed by atoms with van der Waals surface area (Å²) in [5.74, 6) is 1.58. The van der Waals surface area contributed by atoms with Crippen LogP contribution in [0.15, 0.2) is 30.9 Å². The summed E-state index contributed by atoms with van der Waals surface area (Å²) in [4.78, 5) is 17.2. The van der Waals surface area contributed by atoms with Crippen molar-refractivity contribution in [3.05, 3.63) is 34.4 Å². The van der Waals surface area contributed by atoms with Gasteiger partial charge < -0.3 is 15.5 Å². The average molecular weight is 382 g/mol. The molecule has 2 aromatic rings. The minimum Gasteiger partial charge on any atom is -0.384 e. The number of hydrogen-bond acceptors (Lipinski definition) is 6. The van der Waals surface area contributed by atoms with Crippen molar-refractivity contribution in [2.75, 3.05) is 41.7 Å². The van der Waals surface area contributed by atoms with Gasteiger partial charge in [-0.2, -0.15) is 0 Å². The molecule has 2 N–H and O–H groups in total. The summed E-state index contributed by atoms with van der Waals surface area (Å²) in [6.07, 6.45) is 5.28. The van der Waals surface area contributed by atoms with E-state index in [0.29, 0.717) is 5.82 Å². The van der Waals surface area contributed by atoms with Crippen molar-refractivity contribution in [2.24, 2.45) is 0 Å². The molecule has 20 heavy (non-hydrogen) atoms. The van der Waals surface area contributed by atoms with Crippen LogP contribution in [0.5, 0.6) is 0 Å². The second-order valence-electron chi connectivity index (χ2n) is 4.61. The summed E-state index contributed by atoms with van der Waals surface area (Å²) >= 11 is 2.28. The zero-order chi connectivity index (χ0) is 13.9. The number of piperazine rings is 1. The van der Waals surface area contributed by atoms with Crippen LogP contribution in [-0.2, 0) is 0 Å². The second-order valence-corrected chi connectivity index (χ2v) is 5.77. The van der Waals surface area contributed by atoms with Gasteiger partial charge in [-0.3, -0.25) is 0 Å². The van der Waals surface area contributed by atoms with Crippen molar-refractivity contribution in [3.8, 4) is 0 Å². The van der Waals surface area contributed by atoms with Gasteiger partial charge in [0.2, 0.25) is 0 Å². The van der Waals surface area contributed by atoms with Crippen LogP contribution in [0.2, 0.25) is 0 Å². The predicted octanol–water partition coefficient (Wildman–Crippen LogP) is 1.39. The standard InChI is InChI=1S/C13H15IN6/c14-11-8-16-9-18-13(11)20-5-3-19(4-6-20)10-1-2-12(15)17-7-10/h1-2,7-9H,3-6H2,(H2,15,17). The van der Waals surface area contributed by atoms with Crippen LogP contribution in [0.25, 0.3) is 0 Å². The van der Waals surface area contributed by atoms with E-state index in [0.717, 1.165) is 41.3 Å². The Morgan fingerprint density at radius 1 is 1.00 bits per heavy atom. The number of hydrogen-bond donors (Lipinski definition) is 1. The molecule has 0 bridgehead atoms. The van der Waals surface area contributed by atoms with Gasteiger partial charge >= 0.3 is 0 Å². The van der Waals surface area contributed by atoms with Crippen LogP contribution >= 0.6 is 22.6 Å². The van der Waals surface area contributed by atoms with Gasteiger partial charge in [-0.15, -0.1) is 0 Å². The largest absolute Gasteiger partial charge is 0.384 e. The van der Waals surface area contributed by atoms with Crippen LogP contribution in [-0.4, -0.2) is 41.1 Å². The number of nitrogen functional groups attached to an aromatic ring is 1. The van der Waals surface area contributed by atoms with E-state index < -0.39 is 0 Å². The van der Waals surface area contributed by atoms with Gasteiger partial charge in [-0.25, -0.2) is 15.0 Å². The number of anilines is 3. The fourth-order valence-electron chi connectivity index (χ4n) is 2.30. The Morgan fingerprint density at radius 2 is 1.75 bits per heavy atom. The Labute approximate surface area is 131 Å². The fourth-order valence-corrected chi connectivity index (χ4v) is 2.94. The van der Waals surface area contributed by atoms with Crippen molar-refractivity contribution >= 4 is 39.9 Å². The molecule has 0 saturated carbocycles. The van der Waals surface area contributed by atoms with Crippen LogP contribution in [0.4, 0.5) is 17.3 Å². The SMILES string of the molecule is Nc1ccc(N2CCN(c3ncncc3I)CC2)cn1. The molecular weight excluding hydrogens is 367 g/mol. The van der Waals surface area contributed by atoms with Crippen molar-refractivity contribution < 1.29 is 0 Å². The van der Waals surface area contributed by atoms with E-state index >= 15 is 0 Å². The number of nitrogens with zero attached hydrogens (tertiary/aromatic N) is 5. The molecule has 2 aromatic heterocycles. The van der Waals surface area contributed by atoms with Crippen LogP contribution in [0, 0.1) is 3.57 Å². The van der Waals surface area contributed by atoms with Crippen LogP contribution < -0.4 is 15.5 Å². The first-order valence-corrected chi connectivity index (χ1v) is 7.49. The van der Waals surface area contributed by atoms with E-state index in [9.17, 15) is 0 Å². The Morgan fingerprint density at radius 3 is 2.40 bits per heavy atom. The number of aromatic nitrogens is 3. The first kappa shape index (κ1) is 13.3. The first-order valence-electron chi connectivity index (χ1n) is 6.41. The third kappa shape index (κ3) is 2.77. The van der Waals surface area contributed by atoms with E-state index in [2.05, 4.69) is 47.3 Å². The molecule has 0 spiro atoms. The lowest BCUT2D eigenvalue weighted by molar-refractivity contribution is 0.645. The predicted molar refractivity (Wildman–Crippen MR) is 87.8 cm³/mol. The maximum Gasteiger partial charge on any atom is 0.145 e. The number of halogens is 1. The molecule has 0 aliphatic carbocycles. The van der Waals surface area contributed by atoms with Crippen molar-refractivity contribution in [2.45, 2.75) is 0 Å². The smallest absolute Gasteiger partial charge is 0.145 e. The zero-order valence-corrected chi connectivity index (χ0v) is 13.1. The molecule has 0 atom stereocenters. The van der Waals surface area contributed by atoms with Crippen LogP contribution in [0.3, 0.4) is 0 Å². The Bertz CT molecular complexity index is 580. The van der Waals surface area contributed by atoms with E-state index in [4.69, 9.17) is 5.73 Å². The minimum absolute atomic E-state index is 0.558. The lowest BCUT2D eigenvalue weighted by Crippen LogP contribution is -2.47. The van der Waals surface area contributed by atoms with Gasteiger partial charge in [0.1, 0.15) is 18.0 Å². The summed E-state index contributed by atoms with van der Waals surface area (Å²) in [6, 6.07) is 3.86. The monoisotopic (exact) mass is 382 g/mol. The van der Waals surface area contributed by atoms with Crippen molar-refractivity contribution in [3.63, 3.8) is 0 Å². The fraction of sp³-hybridized carbons (Fsp3) is 0.308. The first-order chi connectivity index (χ1) is 9.74. The molecule has 0 amide bonds. The molecule has 1 fully saturated rings. The highest BCUT2D eigenvalue weighted by molar-refractivity contribution is 14.1. The molecule has 6 nitrogen and oxygen atoms in total. The Kier molecular flexibility index (Phi) is 3.86. The van der Waals surface area contributed by atoms with Crippen molar-refractivity contribution in [1.82, 2.24) is 15.0 Å². The summed E-state index contributed by atoms with van der Waals surface area (Å²) in [5.41, 5.74) is 6.74. The molecule has 104 valence electrons. The molecule has 0 radical (unpaired) electrons. The maximum atomic E-state index is 5.62. The van der Waals surface area contributed by atoms with Gasteiger partial charge in [0.05, 0.1) is 15.5 Å². The zero-order valence-electron chi connectivity index (χ0n) is 10.9. The highest BCUT2D eigenvalue weighted by Crippen LogP contribution is 2.22. The summed E-state index contributed by atoms with van der Waals surface area (Å²) < 4.78 is 1.09. The minimum atomic E-state index is 0.558. The van der Waals surface area contributed by atoms with Gasteiger partial charge in [0.15, 0.2) is 0 Å². The topological polar surface area (TPSA) is 71.2 Å². The second kappa shape index (κ2) is 5.78. The number of rotatable bonds is 2. The average Bonchev–Trinajstić information content (AvgIpc) is 2.49. The molecule has 7 heteroatoms. The molecule has 1 saturated heterocycles. The van der Waals surface area contributed by atoms with Crippen LogP contribution in [0.1, 0.15) is 0 Å². The van der Waals surface area contributed by atoms with Gasteiger partial charge in [-0.1, -0.05) is 0 Å². The summed E-state index contributed by atoms with van der Waals surface area (Å²) in [5, 5.41) is 0. The molecule has 1 aliphatic rings. The molecule has 3 heterocycles. The Balaban J connectivity index is 1.68. The molecule has 0 unspecified atom stereocenters. The van der Waals surface area contributed by atoms with Gasteiger partial charge in [0.25, 0.3) is 0 Å². The maximum absolute atomic E-state index is 5.62. The highest BCUT2D eigenvalue weighted by atomic mass is 127. The summed E-state index contributed by atoms with van der Waals surface area (Å²) in [7, 11) is 0. The molecule has 3 rings (SSSR count). The normalized spacial score (nSPS) is 15.4. The summed E-state index contributed by atoms with van der Waals surface area (Å²) in [6.45, 7) is 3.78. The van der Waals surface area contributed by atoms with E-state index in [1.165, 1.54) is 0 Å². The molecule has 0 aromatic carbocycles. The number of nitrogens with two attached hydrogens (primary N) is 1. The molecular formula is C13H15IN6. The lowest BCUT2D eigenvalue weighted by atomic mass is 10.2. The lowest BCUT2D eigenvalue weighted by Gasteiger charge is -2.36. The van der Waals surface area contributed by atoms with Gasteiger partial charge in [0, 0.05) is 32.4 Å². The van der Waals surface area contributed by atoms with Gasteiger partial charge in [-0.05, 0) is 34.7 Å². The highest BCUT2D eigenvalue weighted by Gasteiger charge is 2.20.